The largest absolute Gasteiger partial charge is 0.388 e. The van der Waals surface area contributed by atoms with Gasteiger partial charge in [-0.3, -0.25) is 0 Å². The lowest BCUT2D eigenvalue weighted by molar-refractivity contribution is 0.265. The van der Waals surface area contributed by atoms with Crippen molar-refractivity contribution in [2.45, 2.75) is 19.5 Å². The zero-order chi connectivity index (χ0) is 15.8. The summed E-state index contributed by atoms with van der Waals surface area (Å²) in [7, 11) is 0.916. The number of hydrogen-bond donors (Lipinski definition) is 1. The molecular weight excluding hydrogens is 293 g/mol. The van der Waals surface area contributed by atoms with Gasteiger partial charge in [-0.2, -0.15) is 0 Å². The molecule has 118 valence electrons. The first-order valence-corrected chi connectivity index (χ1v) is 8.92. The monoisotopic (exact) mass is 317 g/mol. The number of hydrogen-bond acceptors (Lipinski definition) is 3. The summed E-state index contributed by atoms with van der Waals surface area (Å²) in [5.41, 5.74) is 3.68. The summed E-state index contributed by atoms with van der Waals surface area (Å²) in [5, 5.41) is 3.16. The molecule has 0 aromatic heterocycles. The smallest absolute Gasteiger partial charge is 0.183 e. The van der Waals surface area contributed by atoms with Crippen LogP contribution in [0.4, 0.5) is 5.69 Å². The van der Waals surface area contributed by atoms with Crippen LogP contribution in [-0.4, -0.2) is 20.3 Å². The predicted octanol–water partition coefficient (Wildman–Crippen LogP) is 5.20. The van der Waals surface area contributed by atoms with Crippen molar-refractivity contribution in [3.05, 3.63) is 65.7 Å². The second-order valence-corrected chi connectivity index (χ2v) is 6.41. The molecule has 1 atom stereocenters. The van der Waals surface area contributed by atoms with Gasteiger partial charge in [0, 0.05) is 12.7 Å². The molecule has 0 saturated heterocycles. The first-order chi connectivity index (χ1) is 10.8. The van der Waals surface area contributed by atoms with E-state index in [1.807, 2.05) is 27.0 Å². The van der Waals surface area contributed by atoms with Gasteiger partial charge in [0.15, 0.2) is 8.38 Å². The van der Waals surface area contributed by atoms with Crippen LogP contribution in [0.2, 0.25) is 0 Å². The number of benzene rings is 2. The van der Waals surface area contributed by atoms with Crippen LogP contribution in [0.1, 0.15) is 30.6 Å². The van der Waals surface area contributed by atoms with Crippen molar-refractivity contribution in [3.63, 3.8) is 0 Å². The maximum Gasteiger partial charge on any atom is 0.183 e. The van der Waals surface area contributed by atoms with Crippen LogP contribution < -0.4 is 5.32 Å². The molecule has 0 saturated carbocycles. The van der Waals surface area contributed by atoms with E-state index in [1.165, 1.54) is 11.1 Å². The zero-order valence-electron chi connectivity index (χ0n) is 13.5. The molecule has 2 rings (SSSR count). The van der Waals surface area contributed by atoms with Crippen molar-refractivity contribution >= 4 is 14.1 Å². The minimum absolute atomic E-state index is 0.127. The van der Waals surface area contributed by atoms with Crippen LogP contribution in [0, 0.1) is 0 Å². The topological polar surface area (TPSA) is 30.5 Å². The van der Waals surface area contributed by atoms with Crippen LogP contribution in [-0.2, 0) is 9.05 Å². The highest BCUT2D eigenvalue weighted by Crippen LogP contribution is 2.56. The van der Waals surface area contributed by atoms with Gasteiger partial charge in [0.25, 0.3) is 0 Å². The van der Waals surface area contributed by atoms with Crippen LogP contribution in [0.5, 0.6) is 0 Å². The molecule has 0 amide bonds. The van der Waals surface area contributed by atoms with E-state index in [-0.39, 0.29) is 5.66 Å². The second kappa shape index (κ2) is 8.89. The first kappa shape index (κ1) is 17.0. The lowest BCUT2D eigenvalue weighted by atomic mass is 10.0. The fourth-order valence-electron chi connectivity index (χ4n) is 2.34. The third kappa shape index (κ3) is 4.30. The van der Waals surface area contributed by atoms with Gasteiger partial charge in [-0.25, -0.2) is 0 Å². The lowest BCUT2D eigenvalue weighted by Crippen LogP contribution is -2.05. The molecule has 1 N–H and O–H groups in total. The molecule has 3 nitrogen and oxygen atoms in total. The highest BCUT2D eigenvalue weighted by Gasteiger charge is 2.27. The molecule has 4 heteroatoms. The van der Waals surface area contributed by atoms with Crippen molar-refractivity contribution < 1.29 is 9.05 Å². The van der Waals surface area contributed by atoms with E-state index in [2.05, 4.69) is 53.8 Å². The minimum Gasteiger partial charge on any atom is -0.388 e. The number of anilines is 1. The molecule has 22 heavy (non-hydrogen) atoms. The van der Waals surface area contributed by atoms with Crippen molar-refractivity contribution in [1.29, 1.82) is 0 Å². The normalized spacial score (nSPS) is 12.4. The average molecular weight is 317 g/mol. The van der Waals surface area contributed by atoms with E-state index in [0.717, 1.165) is 5.69 Å². The van der Waals surface area contributed by atoms with Crippen LogP contribution >= 0.6 is 8.38 Å². The van der Waals surface area contributed by atoms with E-state index in [1.54, 1.807) is 0 Å². The molecule has 0 heterocycles. The molecule has 0 spiro atoms. The van der Waals surface area contributed by atoms with Gasteiger partial charge < -0.3 is 14.4 Å². The first-order valence-electron chi connectivity index (χ1n) is 7.67. The summed E-state index contributed by atoms with van der Waals surface area (Å²) in [5.74, 6) is 0. The standard InChI is InChI=1S/C18H24NO2P/c1-4-20-22(21-5-2)18(15-9-7-6-8-10-15)16-11-13-17(19-3)14-12-16/h6-14,18-19H,4-5H2,1-3H3. The van der Waals surface area contributed by atoms with Crippen LogP contribution in [0.15, 0.2) is 54.6 Å². The summed E-state index contributed by atoms with van der Waals surface area (Å²) >= 11 is 0. The highest BCUT2D eigenvalue weighted by atomic mass is 31.2. The fraction of sp³-hybridized carbons (Fsp3) is 0.333. The minimum atomic E-state index is -1.01. The molecular formula is C18H24NO2P. The summed E-state index contributed by atoms with van der Waals surface area (Å²) in [4.78, 5) is 0. The molecule has 2 aromatic rings. The third-order valence-corrected chi connectivity index (χ3v) is 5.40. The Morgan fingerprint density at radius 1 is 0.864 bits per heavy atom. The van der Waals surface area contributed by atoms with Crippen LogP contribution in [0.25, 0.3) is 0 Å². The van der Waals surface area contributed by atoms with Gasteiger partial charge >= 0.3 is 0 Å². The molecule has 0 aliphatic heterocycles. The van der Waals surface area contributed by atoms with E-state index in [4.69, 9.17) is 9.05 Å². The van der Waals surface area contributed by atoms with Gasteiger partial charge in [-0.05, 0) is 37.1 Å². The summed E-state index contributed by atoms with van der Waals surface area (Å²) in [6, 6.07) is 18.9. The predicted molar refractivity (Wildman–Crippen MR) is 94.4 cm³/mol. The Hall–Kier alpha value is -1.41. The molecule has 0 fully saturated rings. The second-order valence-electron chi connectivity index (χ2n) is 4.81. The average Bonchev–Trinajstić information content (AvgIpc) is 2.57. The molecule has 0 aliphatic rings. The van der Waals surface area contributed by atoms with E-state index in [0.29, 0.717) is 13.2 Å². The van der Waals surface area contributed by atoms with Crippen molar-refractivity contribution in [2.75, 3.05) is 25.6 Å². The highest BCUT2D eigenvalue weighted by molar-refractivity contribution is 7.48. The lowest BCUT2D eigenvalue weighted by Gasteiger charge is -2.26. The molecule has 0 bridgehead atoms. The molecule has 1 unspecified atom stereocenters. The maximum atomic E-state index is 5.94. The molecule has 2 aromatic carbocycles. The van der Waals surface area contributed by atoms with Crippen molar-refractivity contribution in [1.82, 2.24) is 0 Å². The van der Waals surface area contributed by atoms with Gasteiger partial charge in [-0.15, -0.1) is 0 Å². The number of nitrogens with one attached hydrogen (secondary N) is 1. The zero-order valence-corrected chi connectivity index (χ0v) is 14.3. The Kier molecular flexibility index (Phi) is 6.85. The van der Waals surface area contributed by atoms with Gasteiger partial charge in [0.05, 0.1) is 18.9 Å². The van der Waals surface area contributed by atoms with E-state index in [9.17, 15) is 0 Å². The Bertz CT molecular complexity index is 539. The molecule has 0 radical (unpaired) electrons. The van der Waals surface area contributed by atoms with E-state index < -0.39 is 8.38 Å². The summed E-state index contributed by atoms with van der Waals surface area (Å²) < 4.78 is 11.9. The van der Waals surface area contributed by atoms with Crippen molar-refractivity contribution in [3.8, 4) is 0 Å². The quantitative estimate of drug-likeness (QED) is 0.679. The molecule has 0 aliphatic carbocycles. The van der Waals surface area contributed by atoms with Gasteiger partial charge in [-0.1, -0.05) is 42.5 Å². The van der Waals surface area contributed by atoms with Gasteiger partial charge in [0.1, 0.15) is 0 Å². The Morgan fingerprint density at radius 3 is 1.91 bits per heavy atom. The summed E-state index contributed by atoms with van der Waals surface area (Å²) in [6.45, 7) is 5.34. The third-order valence-electron chi connectivity index (χ3n) is 3.35. The number of rotatable bonds is 8. The Morgan fingerprint density at radius 2 is 1.41 bits per heavy atom. The maximum absolute atomic E-state index is 5.94. The fourth-order valence-corrected chi connectivity index (χ4v) is 4.06. The van der Waals surface area contributed by atoms with E-state index >= 15 is 0 Å². The van der Waals surface area contributed by atoms with Crippen LogP contribution in [0.3, 0.4) is 0 Å². The SMILES string of the molecule is CCOP(OCC)C(c1ccccc1)c1ccc(NC)cc1. The Labute approximate surface area is 134 Å². The summed E-state index contributed by atoms with van der Waals surface area (Å²) in [6.07, 6.45) is 0. The van der Waals surface area contributed by atoms with Gasteiger partial charge in [0.2, 0.25) is 0 Å². The van der Waals surface area contributed by atoms with Crippen molar-refractivity contribution in [2.24, 2.45) is 0 Å². The Balaban J connectivity index is 2.39.